The first-order chi connectivity index (χ1) is 12.2. The number of likely N-dealkylation sites (tertiary alicyclic amines) is 1. The van der Waals surface area contributed by atoms with Crippen LogP contribution in [0.4, 0.5) is 0 Å². The number of fused-ring (bicyclic) bond motifs is 1. The van der Waals surface area contributed by atoms with E-state index in [1.807, 2.05) is 13.8 Å². The Hall–Kier alpha value is -1.12. The zero-order chi connectivity index (χ0) is 19.2. The van der Waals surface area contributed by atoms with E-state index in [0.29, 0.717) is 12.2 Å². The Bertz CT molecular complexity index is 731. The minimum absolute atomic E-state index is 0. The molecule has 0 N–H and O–H groups in total. The summed E-state index contributed by atoms with van der Waals surface area (Å²) in [5.74, 6) is -0.954. The molecule has 3 rings (SSSR count). The van der Waals surface area contributed by atoms with Crippen molar-refractivity contribution >= 4 is 34.2 Å². The molecule has 3 aliphatic rings. The second kappa shape index (κ2) is 8.09. The summed E-state index contributed by atoms with van der Waals surface area (Å²) in [4.78, 5) is 29.8. The molecule has 0 bridgehead atoms. The van der Waals surface area contributed by atoms with Gasteiger partial charge in [-0.3, -0.25) is 9.59 Å². The van der Waals surface area contributed by atoms with Crippen molar-refractivity contribution in [2.24, 2.45) is 17.8 Å². The van der Waals surface area contributed by atoms with Crippen molar-refractivity contribution in [3.63, 3.8) is 0 Å². The molecule has 0 saturated carbocycles. The highest BCUT2D eigenvalue weighted by Gasteiger charge is 2.55. The van der Waals surface area contributed by atoms with E-state index in [4.69, 9.17) is 0 Å². The van der Waals surface area contributed by atoms with Gasteiger partial charge in [-0.25, -0.2) is 12.7 Å². The molecule has 0 unspecified atom stereocenters. The summed E-state index contributed by atoms with van der Waals surface area (Å²) in [5, 5.41) is 0. The number of hydrogen-bond acceptors (Lipinski definition) is 5. The average Bonchev–Trinajstić information content (AvgIpc) is 3.00. The van der Waals surface area contributed by atoms with Gasteiger partial charge in [0.15, 0.2) is 0 Å². The lowest BCUT2D eigenvalue weighted by Crippen LogP contribution is -2.56. The smallest absolute Gasteiger partial charge is 0.246 e. The highest BCUT2D eigenvalue weighted by atomic mass is 35.5. The Kier molecular flexibility index (Phi) is 6.64. The second-order valence-electron chi connectivity index (χ2n) is 8.01. The lowest BCUT2D eigenvalue weighted by molar-refractivity contribution is -0.143. The Labute approximate surface area is 168 Å². The van der Waals surface area contributed by atoms with E-state index < -0.39 is 27.9 Å². The van der Waals surface area contributed by atoms with Crippen molar-refractivity contribution in [1.29, 1.82) is 0 Å². The fourth-order valence-corrected chi connectivity index (χ4v) is 5.34. The first kappa shape index (κ1) is 22.2. The molecule has 2 amide bonds. The van der Waals surface area contributed by atoms with Gasteiger partial charge in [-0.05, 0) is 25.0 Å². The molecule has 3 heterocycles. The van der Waals surface area contributed by atoms with Crippen LogP contribution in [-0.4, -0.2) is 72.8 Å². The summed E-state index contributed by atoms with van der Waals surface area (Å²) in [6.45, 7) is 8.87. The molecule has 2 saturated heterocycles. The summed E-state index contributed by atoms with van der Waals surface area (Å²) in [5.41, 5.74) is 0.465. The minimum Gasteiger partial charge on any atom is -0.329 e. The number of nitrogens with zero attached hydrogens (tertiary/aromatic N) is 3. The maximum Gasteiger partial charge on any atom is 0.246 e. The van der Waals surface area contributed by atoms with E-state index in [0.717, 1.165) is 43.0 Å². The van der Waals surface area contributed by atoms with E-state index in [9.17, 15) is 18.0 Å². The molecule has 9 heteroatoms. The number of halogens is 1. The standard InChI is InChI=1S/C18H29N3O4S.ClH/c1-5-6-8-19-10-13(11-19)17(22)20-9-7-14-16(20)15(12(2)3)18(23)21(14)26(4,24)25;/h7,12-13,15-16H,5-6,8-11H2,1-4H3;1H/t15-,16+;/m1./s1. The third kappa shape index (κ3) is 3.89. The van der Waals surface area contributed by atoms with Crippen LogP contribution in [0.25, 0.3) is 0 Å². The normalized spacial score (nSPS) is 26.1. The maximum atomic E-state index is 13.0. The first-order valence-electron chi connectivity index (χ1n) is 9.43. The molecule has 0 aliphatic carbocycles. The molecule has 0 aromatic heterocycles. The summed E-state index contributed by atoms with van der Waals surface area (Å²) in [7, 11) is -3.68. The lowest BCUT2D eigenvalue weighted by atomic mass is 9.88. The zero-order valence-electron chi connectivity index (χ0n) is 16.4. The second-order valence-corrected chi connectivity index (χ2v) is 9.84. The van der Waals surface area contributed by atoms with Crippen molar-refractivity contribution in [3.05, 3.63) is 11.8 Å². The number of amides is 2. The Morgan fingerprint density at radius 2 is 1.93 bits per heavy atom. The fraction of sp³-hybridized carbons (Fsp3) is 0.778. The van der Waals surface area contributed by atoms with Gasteiger partial charge in [-0.2, -0.15) is 0 Å². The van der Waals surface area contributed by atoms with Crippen LogP contribution in [0.3, 0.4) is 0 Å². The van der Waals surface area contributed by atoms with Gasteiger partial charge < -0.3 is 9.80 Å². The molecule has 7 nitrogen and oxygen atoms in total. The van der Waals surface area contributed by atoms with E-state index in [1.54, 1.807) is 11.0 Å². The SMILES string of the molecule is CCCCN1CC(C(=O)N2CC=C3[C@H]2[C@@H](C(C)C)C(=O)N3S(C)(=O)=O)C1.Cl. The highest BCUT2D eigenvalue weighted by Crippen LogP contribution is 2.42. The Morgan fingerprint density at radius 3 is 2.44 bits per heavy atom. The number of carbonyl (C=O) groups excluding carboxylic acids is 2. The van der Waals surface area contributed by atoms with Crippen molar-refractivity contribution in [3.8, 4) is 0 Å². The lowest BCUT2D eigenvalue weighted by Gasteiger charge is -2.41. The molecular formula is C18H30ClN3O4S. The van der Waals surface area contributed by atoms with Gasteiger partial charge in [0, 0.05) is 19.6 Å². The van der Waals surface area contributed by atoms with Gasteiger partial charge in [0.1, 0.15) is 0 Å². The molecule has 2 fully saturated rings. The van der Waals surface area contributed by atoms with Crippen LogP contribution in [0.2, 0.25) is 0 Å². The predicted octanol–water partition coefficient (Wildman–Crippen LogP) is 1.31. The largest absolute Gasteiger partial charge is 0.329 e. The topological polar surface area (TPSA) is 78.0 Å². The van der Waals surface area contributed by atoms with Crippen LogP contribution in [-0.2, 0) is 19.6 Å². The maximum absolute atomic E-state index is 13.0. The van der Waals surface area contributed by atoms with E-state index >= 15 is 0 Å². The zero-order valence-corrected chi connectivity index (χ0v) is 18.1. The van der Waals surface area contributed by atoms with Crippen LogP contribution < -0.4 is 0 Å². The van der Waals surface area contributed by atoms with Crippen LogP contribution in [0.5, 0.6) is 0 Å². The van der Waals surface area contributed by atoms with Crippen molar-refractivity contribution in [1.82, 2.24) is 14.1 Å². The number of rotatable bonds is 6. The van der Waals surface area contributed by atoms with Gasteiger partial charge in [-0.15, -0.1) is 12.4 Å². The van der Waals surface area contributed by atoms with Crippen LogP contribution in [0.1, 0.15) is 33.6 Å². The number of carbonyl (C=O) groups is 2. The number of hydrogen-bond donors (Lipinski definition) is 0. The van der Waals surface area contributed by atoms with Crippen LogP contribution in [0.15, 0.2) is 11.8 Å². The molecule has 27 heavy (non-hydrogen) atoms. The molecule has 2 atom stereocenters. The monoisotopic (exact) mass is 419 g/mol. The van der Waals surface area contributed by atoms with E-state index in [1.165, 1.54) is 0 Å². The average molecular weight is 420 g/mol. The molecule has 0 radical (unpaired) electrons. The van der Waals surface area contributed by atoms with Crippen molar-refractivity contribution in [2.45, 2.75) is 39.7 Å². The van der Waals surface area contributed by atoms with E-state index in [2.05, 4.69) is 11.8 Å². The first-order valence-corrected chi connectivity index (χ1v) is 11.3. The fourth-order valence-electron chi connectivity index (χ4n) is 4.32. The van der Waals surface area contributed by atoms with Gasteiger partial charge in [0.25, 0.3) is 0 Å². The van der Waals surface area contributed by atoms with Gasteiger partial charge in [0.05, 0.1) is 29.8 Å². The summed E-state index contributed by atoms with van der Waals surface area (Å²) < 4.78 is 25.2. The Morgan fingerprint density at radius 1 is 1.30 bits per heavy atom. The molecule has 0 aromatic carbocycles. The Balaban J connectivity index is 0.00000261. The predicted molar refractivity (Wildman–Crippen MR) is 106 cm³/mol. The number of sulfonamides is 1. The summed E-state index contributed by atoms with van der Waals surface area (Å²) >= 11 is 0. The van der Waals surface area contributed by atoms with Gasteiger partial charge >= 0.3 is 0 Å². The molecule has 154 valence electrons. The third-order valence-electron chi connectivity index (χ3n) is 5.66. The van der Waals surface area contributed by atoms with Crippen LogP contribution in [0, 0.1) is 17.8 Å². The van der Waals surface area contributed by atoms with Gasteiger partial charge in [-0.1, -0.05) is 27.2 Å². The molecular weight excluding hydrogens is 390 g/mol. The van der Waals surface area contributed by atoms with Crippen LogP contribution >= 0.6 is 12.4 Å². The summed E-state index contributed by atoms with van der Waals surface area (Å²) in [6, 6.07) is -0.450. The molecule has 0 aromatic rings. The van der Waals surface area contributed by atoms with Crippen molar-refractivity contribution in [2.75, 3.05) is 32.4 Å². The third-order valence-corrected chi connectivity index (χ3v) is 6.72. The molecule has 0 spiro atoms. The van der Waals surface area contributed by atoms with E-state index in [-0.39, 0.29) is 30.2 Å². The number of unbranched alkanes of at least 4 members (excludes halogenated alkanes) is 1. The minimum atomic E-state index is -3.68. The van der Waals surface area contributed by atoms with Gasteiger partial charge in [0.2, 0.25) is 21.8 Å². The summed E-state index contributed by atoms with van der Waals surface area (Å²) in [6.07, 6.45) is 5.05. The van der Waals surface area contributed by atoms with Crippen molar-refractivity contribution < 1.29 is 18.0 Å². The molecule has 3 aliphatic heterocycles. The quantitative estimate of drug-likeness (QED) is 0.648. The highest BCUT2D eigenvalue weighted by molar-refractivity contribution is 7.89.